The molecule has 1 unspecified atom stereocenters. The minimum atomic E-state index is -0.497. The number of rotatable bonds is 3. The molecule has 2 aromatic rings. The van der Waals surface area contributed by atoms with Crippen LogP contribution in [0, 0.1) is 17.6 Å². The molecule has 0 radical (unpaired) electrons. The van der Waals surface area contributed by atoms with Crippen LogP contribution in [-0.4, -0.2) is 11.5 Å². The number of pyridine rings is 1. The maximum atomic E-state index is 13.5. The van der Waals surface area contributed by atoms with Crippen molar-refractivity contribution in [2.75, 3.05) is 6.54 Å². The zero-order valence-corrected chi connectivity index (χ0v) is 9.58. The van der Waals surface area contributed by atoms with Gasteiger partial charge in [0, 0.05) is 11.1 Å². The summed E-state index contributed by atoms with van der Waals surface area (Å²) in [6.45, 7) is 2.54. The number of halogens is 2. The first-order valence-electron chi connectivity index (χ1n) is 5.55. The van der Waals surface area contributed by atoms with Gasteiger partial charge in [-0.15, -0.1) is 0 Å². The zero-order valence-electron chi connectivity index (χ0n) is 9.58. The van der Waals surface area contributed by atoms with Crippen LogP contribution in [0.5, 0.6) is 0 Å². The third-order valence-electron chi connectivity index (χ3n) is 2.77. The minimum absolute atomic E-state index is 0.0896. The molecule has 1 atom stereocenters. The first-order chi connectivity index (χ1) is 8.11. The van der Waals surface area contributed by atoms with Crippen molar-refractivity contribution in [2.24, 2.45) is 11.7 Å². The molecule has 2 nitrogen and oxygen atoms in total. The van der Waals surface area contributed by atoms with Gasteiger partial charge >= 0.3 is 0 Å². The second-order valence-corrected chi connectivity index (χ2v) is 4.27. The van der Waals surface area contributed by atoms with E-state index in [1.54, 1.807) is 12.1 Å². The van der Waals surface area contributed by atoms with Crippen LogP contribution >= 0.6 is 0 Å². The highest BCUT2D eigenvalue weighted by atomic mass is 19.1. The van der Waals surface area contributed by atoms with Gasteiger partial charge < -0.3 is 5.73 Å². The van der Waals surface area contributed by atoms with Crippen molar-refractivity contribution in [1.29, 1.82) is 0 Å². The Morgan fingerprint density at radius 1 is 1.18 bits per heavy atom. The van der Waals surface area contributed by atoms with E-state index in [1.807, 2.05) is 6.92 Å². The number of hydrogen-bond donors (Lipinski definition) is 1. The summed E-state index contributed by atoms with van der Waals surface area (Å²) in [4.78, 5) is 4.15. The lowest BCUT2D eigenvalue weighted by molar-refractivity contribution is 0.582. The van der Waals surface area contributed by atoms with Gasteiger partial charge in [-0.05, 0) is 43.1 Å². The van der Waals surface area contributed by atoms with E-state index in [0.29, 0.717) is 13.0 Å². The van der Waals surface area contributed by atoms with Gasteiger partial charge in [0.2, 0.25) is 0 Å². The third kappa shape index (κ3) is 2.42. The molecule has 0 amide bonds. The molecule has 4 heteroatoms. The lowest BCUT2D eigenvalue weighted by atomic mass is 10.0. The molecular formula is C13H14F2N2. The van der Waals surface area contributed by atoms with Crippen molar-refractivity contribution in [3.63, 3.8) is 0 Å². The third-order valence-corrected chi connectivity index (χ3v) is 2.77. The molecule has 2 N–H and O–H groups in total. The Morgan fingerprint density at radius 3 is 2.59 bits per heavy atom. The molecule has 0 spiro atoms. The molecule has 0 saturated heterocycles. The van der Waals surface area contributed by atoms with Gasteiger partial charge in [0.05, 0.1) is 0 Å². The van der Waals surface area contributed by atoms with E-state index < -0.39 is 11.6 Å². The molecule has 0 aliphatic carbocycles. The van der Waals surface area contributed by atoms with Gasteiger partial charge in [-0.2, -0.15) is 0 Å². The van der Waals surface area contributed by atoms with E-state index in [0.717, 1.165) is 17.8 Å². The smallest absolute Gasteiger partial charge is 0.149 e. The summed E-state index contributed by atoms with van der Waals surface area (Å²) in [6, 6.07) is 5.50. The van der Waals surface area contributed by atoms with Crippen LogP contribution in [0.15, 0.2) is 24.3 Å². The monoisotopic (exact) mass is 236 g/mol. The molecular weight excluding hydrogens is 222 g/mol. The Hall–Kier alpha value is -1.55. The van der Waals surface area contributed by atoms with Crippen molar-refractivity contribution >= 4 is 10.9 Å². The quantitative estimate of drug-likeness (QED) is 0.889. The summed E-state index contributed by atoms with van der Waals surface area (Å²) in [7, 11) is 0. The van der Waals surface area contributed by atoms with Crippen LogP contribution in [0.3, 0.4) is 0 Å². The summed E-state index contributed by atoms with van der Waals surface area (Å²) >= 11 is 0. The van der Waals surface area contributed by atoms with Crippen LogP contribution in [0.2, 0.25) is 0 Å². The molecule has 90 valence electrons. The number of nitrogens with two attached hydrogens (primary N) is 1. The molecule has 1 heterocycles. The fourth-order valence-electron chi connectivity index (χ4n) is 1.74. The Morgan fingerprint density at radius 2 is 1.88 bits per heavy atom. The van der Waals surface area contributed by atoms with Gasteiger partial charge in [-0.1, -0.05) is 6.92 Å². The topological polar surface area (TPSA) is 38.9 Å². The van der Waals surface area contributed by atoms with E-state index in [4.69, 9.17) is 5.73 Å². The number of fused-ring (bicyclic) bond motifs is 1. The van der Waals surface area contributed by atoms with Crippen LogP contribution in [0.25, 0.3) is 10.9 Å². The standard InChI is InChI=1S/C13H14F2N2/c1-8(7-16)6-9-2-3-10-11(14)4-5-12(15)13(10)17-9/h2-5,8H,6-7,16H2,1H3. The summed E-state index contributed by atoms with van der Waals surface area (Å²) in [5.74, 6) is -0.674. The van der Waals surface area contributed by atoms with Gasteiger partial charge in [-0.3, -0.25) is 0 Å². The lowest BCUT2D eigenvalue weighted by Crippen LogP contribution is -2.13. The number of benzene rings is 1. The minimum Gasteiger partial charge on any atom is -0.330 e. The Labute approximate surface area is 98.5 Å². The normalized spacial score (nSPS) is 12.9. The predicted molar refractivity (Wildman–Crippen MR) is 63.6 cm³/mol. The van der Waals surface area contributed by atoms with Crippen LogP contribution in [0.4, 0.5) is 8.78 Å². The largest absolute Gasteiger partial charge is 0.330 e. The average Bonchev–Trinajstić information content (AvgIpc) is 2.34. The zero-order chi connectivity index (χ0) is 12.4. The van der Waals surface area contributed by atoms with Gasteiger partial charge in [-0.25, -0.2) is 13.8 Å². The first-order valence-corrected chi connectivity index (χ1v) is 5.55. The molecule has 1 aromatic carbocycles. The fraction of sp³-hybridized carbons (Fsp3) is 0.308. The van der Waals surface area contributed by atoms with Crippen LogP contribution < -0.4 is 5.73 Å². The molecule has 0 fully saturated rings. The molecule has 0 aliphatic heterocycles. The Kier molecular flexibility index (Phi) is 3.33. The molecule has 0 saturated carbocycles. The molecule has 2 rings (SSSR count). The van der Waals surface area contributed by atoms with E-state index in [-0.39, 0.29) is 16.8 Å². The molecule has 1 aromatic heterocycles. The summed E-state index contributed by atoms with van der Waals surface area (Å²) in [5, 5.41) is 0.217. The van der Waals surface area contributed by atoms with Gasteiger partial charge in [0.1, 0.15) is 17.2 Å². The highest BCUT2D eigenvalue weighted by molar-refractivity contribution is 5.79. The summed E-state index contributed by atoms with van der Waals surface area (Å²) < 4.78 is 26.9. The fourth-order valence-corrected chi connectivity index (χ4v) is 1.74. The van der Waals surface area contributed by atoms with Gasteiger partial charge in [0.25, 0.3) is 0 Å². The highest BCUT2D eigenvalue weighted by Crippen LogP contribution is 2.20. The predicted octanol–water partition coefficient (Wildman–Crippen LogP) is 2.65. The van der Waals surface area contributed by atoms with Gasteiger partial charge in [0.15, 0.2) is 0 Å². The van der Waals surface area contributed by atoms with Crippen molar-refractivity contribution in [1.82, 2.24) is 4.98 Å². The first kappa shape index (κ1) is 11.9. The summed E-state index contributed by atoms with van der Waals surface area (Å²) in [5.41, 5.74) is 6.35. The molecule has 0 aliphatic rings. The second kappa shape index (κ2) is 4.75. The van der Waals surface area contributed by atoms with E-state index in [1.165, 1.54) is 0 Å². The van der Waals surface area contributed by atoms with E-state index in [9.17, 15) is 8.78 Å². The number of nitrogens with zero attached hydrogens (tertiary/aromatic N) is 1. The van der Waals surface area contributed by atoms with Crippen molar-refractivity contribution in [3.8, 4) is 0 Å². The SMILES string of the molecule is CC(CN)Cc1ccc2c(F)ccc(F)c2n1. The highest BCUT2D eigenvalue weighted by Gasteiger charge is 2.09. The Bertz CT molecular complexity index is 540. The van der Waals surface area contributed by atoms with Crippen molar-refractivity contribution in [2.45, 2.75) is 13.3 Å². The molecule has 0 bridgehead atoms. The lowest BCUT2D eigenvalue weighted by Gasteiger charge is -2.08. The van der Waals surface area contributed by atoms with Crippen molar-refractivity contribution < 1.29 is 8.78 Å². The van der Waals surface area contributed by atoms with E-state index >= 15 is 0 Å². The summed E-state index contributed by atoms with van der Waals surface area (Å²) in [6.07, 6.45) is 0.669. The van der Waals surface area contributed by atoms with Crippen LogP contribution in [-0.2, 0) is 6.42 Å². The van der Waals surface area contributed by atoms with E-state index in [2.05, 4.69) is 4.98 Å². The molecule has 17 heavy (non-hydrogen) atoms. The van der Waals surface area contributed by atoms with Crippen molar-refractivity contribution in [3.05, 3.63) is 41.6 Å². The Balaban J connectivity index is 2.46. The average molecular weight is 236 g/mol. The van der Waals surface area contributed by atoms with Crippen LogP contribution in [0.1, 0.15) is 12.6 Å². The number of hydrogen-bond acceptors (Lipinski definition) is 2. The maximum absolute atomic E-state index is 13.5. The maximum Gasteiger partial charge on any atom is 0.149 e. The number of aromatic nitrogens is 1. The second-order valence-electron chi connectivity index (χ2n) is 4.27.